The molecule has 19 heavy (non-hydrogen) atoms. The molecule has 1 atom stereocenters. The van der Waals surface area contributed by atoms with Crippen LogP contribution < -0.4 is 15.8 Å². The zero-order valence-electron chi connectivity index (χ0n) is 10.5. The number of hydrogen-bond acceptors (Lipinski definition) is 4. The van der Waals surface area contributed by atoms with E-state index in [-0.39, 0.29) is 10.8 Å². The quantitative estimate of drug-likeness (QED) is 0.694. The lowest BCUT2D eigenvalue weighted by molar-refractivity contribution is -0.119. The van der Waals surface area contributed by atoms with Crippen molar-refractivity contribution in [3.63, 3.8) is 0 Å². The molecule has 0 saturated carbocycles. The van der Waals surface area contributed by atoms with E-state index in [1.807, 2.05) is 0 Å². The number of carbonyl (C=O) groups is 2. The fourth-order valence-electron chi connectivity index (χ4n) is 1.28. The molecule has 0 bridgehead atoms. The number of benzene rings is 1. The summed E-state index contributed by atoms with van der Waals surface area (Å²) in [6.07, 6.45) is 0. The van der Waals surface area contributed by atoms with Crippen molar-refractivity contribution in [3.8, 4) is 0 Å². The van der Waals surface area contributed by atoms with Crippen LogP contribution in [0.1, 0.15) is 13.8 Å². The van der Waals surface area contributed by atoms with Gasteiger partial charge in [0.1, 0.15) is 0 Å². The number of carbonyl (C=O) groups excluding carboxylic acids is 2. The van der Waals surface area contributed by atoms with Gasteiger partial charge in [0.15, 0.2) is 0 Å². The highest BCUT2D eigenvalue weighted by atomic mass is 32.2. The summed E-state index contributed by atoms with van der Waals surface area (Å²) in [7, 11) is -3.81. The standard InChI is InChI=1S/C11H15N3O4S/c1-7(11(12)16)14-19(17,18)10-5-3-9(4-6-10)13-8(2)15/h3-7,14H,1-2H3,(H2,12,16)(H,13,15). The predicted octanol–water partition coefficient (Wildman–Crippen LogP) is -0.203. The molecule has 1 rings (SSSR count). The molecule has 0 spiro atoms. The molecular weight excluding hydrogens is 270 g/mol. The van der Waals surface area contributed by atoms with E-state index in [2.05, 4.69) is 10.0 Å². The Morgan fingerprint density at radius 1 is 1.21 bits per heavy atom. The molecule has 0 aliphatic heterocycles. The molecule has 1 unspecified atom stereocenters. The summed E-state index contributed by atoms with van der Waals surface area (Å²) in [5.41, 5.74) is 5.47. The zero-order chi connectivity index (χ0) is 14.6. The van der Waals surface area contributed by atoms with Gasteiger partial charge < -0.3 is 11.1 Å². The number of amides is 2. The minimum absolute atomic E-state index is 0.0188. The number of nitrogens with two attached hydrogens (primary N) is 1. The van der Waals surface area contributed by atoms with Crippen LogP contribution in [0.5, 0.6) is 0 Å². The van der Waals surface area contributed by atoms with Crippen molar-refractivity contribution in [2.45, 2.75) is 24.8 Å². The summed E-state index contributed by atoms with van der Waals surface area (Å²) < 4.78 is 25.9. The third-order valence-electron chi connectivity index (χ3n) is 2.24. The first-order valence-corrected chi connectivity index (χ1v) is 6.90. The maximum Gasteiger partial charge on any atom is 0.241 e. The van der Waals surface area contributed by atoms with Crippen LogP contribution in [0.2, 0.25) is 0 Å². The minimum atomic E-state index is -3.81. The summed E-state index contributed by atoms with van der Waals surface area (Å²) in [6, 6.07) is 4.54. The van der Waals surface area contributed by atoms with Gasteiger partial charge in [-0.1, -0.05) is 0 Å². The topological polar surface area (TPSA) is 118 Å². The van der Waals surface area contributed by atoms with Crippen molar-refractivity contribution in [2.24, 2.45) is 5.73 Å². The molecule has 4 N–H and O–H groups in total. The van der Waals surface area contributed by atoms with Gasteiger partial charge in [0.2, 0.25) is 21.8 Å². The van der Waals surface area contributed by atoms with Gasteiger partial charge in [-0.15, -0.1) is 0 Å². The smallest absolute Gasteiger partial charge is 0.241 e. The lowest BCUT2D eigenvalue weighted by Gasteiger charge is -2.11. The Morgan fingerprint density at radius 3 is 2.16 bits per heavy atom. The van der Waals surface area contributed by atoms with Gasteiger partial charge in [0.05, 0.1) is 10.9 Å². The van der Waals surface area contributed by atoms with E-state index in [0.717, 1.165) is 0 Å². The number of rotatable bonds is 5. The van der Waals surface area contributed by atoms with E-state index in [1.54, 1.807) is 0 Å². The summed E-state index contributed by atoms with van der Waals surface area (Å²) in [5.74, 6) is -1.02. The highest BCUT2D eigenvalue weighted by molar-refractivity contribution is 7.89. The summed E-state index contributed by atoms with van der Waals surface area (Å²) in [4.78, 5) is 21.6. The monoisotopic (exact) mass is 285 g/mol. The van der Waals surface area contributed by atoms with Crippen molar-refractivity contribution in [1.82, 2.24) is 4.72 Å². The van der Waals surface area contributed by atoms with E-state index in [1.165, 1.54) is 38.1 Å². The maximum atomic E-state index is 11.9. The molecule has 0 aromatic heterocycles. The molecule has 0 aliphatic carbocycles. The Balaban J connectivity index is 2.90. The molecule has 0 saturated heterocycles. The SMILES string of the molecule is CC(=O)Nc1ccc(S(=O)(=O)NC(C)C(N)=O)cc1. The third kappa shape index (κ3) is 4.34. The molecule has 7 nitrogen and oxygen atoms in total. The van der Waals surface area contributed by atoms with Crippen molar-refractivity contribution in [2.75, 3.05) is 5.32 Å². The number of primary amides is 1. The fraction of sp³-hybridized carbons (Fsp3) is 0.273. The Bertz CT molecular complexity index is 580. The van der Waals surface area contributed by atoms with Gasteiger partial charge in [-0.25, -0.2) is 8.42 Å². The van der Waals surface area contributed by atoms with Crippen LogP contribution in [0, 0.1) is 0 Å². The van der Waals surface area contributed by atoms with Crippen LogP contribution in [0.15, 0.2) is 29.2 Å². The largest absolute Gasteiger partial charge is 0.368 e. The van der Waals surface area contributed by atoms with E-state index in [0.29, 0.717) is 5.69 Å². The number of anilines is 1. The van der Waals surface area contributed by atoms with Crippen molar-refractivity contribution < 1.29 is 18.0 Å². The molecule has 0 heterocycles. The van der Waals surface area contributed by atoms with Gasteiger partial charge in [0.25, 0.3) is 0 Å². The van der Waals surface area contributed by atoms with Gasteiger partial charge >= 0.3 is 0 Å². The van der Waals surface area contributed by atoms with E-state index in [4.69, 9.17) is 5.73 Å². The first-order valence-electron chi connectivity index (χ1n) is 5.41. The Morgan fingerprint density at radius 2 is 1.74 bits per heavy atom. The normalized spacial score (nSPS) is 12.7. The fourth-order valence-corrected chi connectivity index (χ4v) is 2.49. The first kappa shape index (κ1) is 15.1. The van der Waals surface area contributed by atoms with Crippen molar-refractivity contribution in [1.29, 1.82) is 0 Å². The van der Waals surface area contributed by atoms with Crippen LogP contribution >= 0.6 is 0 Å². The van der Waals surface area contributed by atoms with Gasteiger partial charge in [0, 0.05) is 12.6 Å². The lowest BCUT2D eigenvalue weighted by atomic mass is 10.3. The summed E-state index contributed by atoms with van der Waals surface area (Å²) in [5, 5.41) is 2.51. The molecule has 1 aromatic carbocycles. The minimum Gasteiger partial charge on any atom is -0.368 e. The number of hydrogen-bond donors (Lipinski definition) is 3. The highest BCUT2D eigenvalue weighted by Gasteiger charge is 2.20. The molecule has 1 aromatic rings. The molecule has 8 heteroatoms. The lowest BCUT2D eigenvalue weighted by Crippen LogP contribution is -2.42. The van der Waals surface area contributed by atoms with Crippen LogP contribution in [0.4, 0.5) is 5.69 Å². The third-order valence-corrected chi connectivity index (χ3v) is 3.80. The highest BCUT2D eigenvalue weighted by Crippen LogP contribution is 2.14. The van der Waals surface area contributed by atoms with Crippen LogP contribution in [0.25, 0.3) is 0 Å². The van der Waals surface area contributed by atoms with Crippen LogP contribution in [-0.4, -0.2) is 26.3 Å². The Kier molecular flexibility index (Phi) is 4.62. The second kappa shape index (κ2) is 5.81. The number of nitrogens with one attached hydrogen (secondary N) is 2. The van der Waals surface area contributed by atoms with Gasteiger partial charge in [-0.2, -0.15) is 4.72 Å². The van der Waals surface area contributed by atoms with Crippen LogP contribution in [-0.2, 0) is 19.6 Å². The van der Waals surface area contributed by atoms with Gasteiger partial charge in [-0.05, 0) is 31.2 Å². The molecule has 0 radical (unpaired) electrons. The summed E-state index contributed by atoms with van der Waals surface area (Å²) >= 11 is 0. The number of sulfonamides is 1. The molecular formula is C11H15N3O4S. The van der Waals surface area contributed by atoms with E-state index < -0.39 is 22.0 Å². The second-order valence-corrected chi connectivity index (χ2v) is 5.66. The van der Waals surface area contributed by atoms with Gasteiger partial charge in [-0.3, -0.25) is 9.59 Å². The predicted molar refractivity (Wildman–Crippen MR) is 69.7 cm³/mol. The van der Waals surface area contributed by atoms with Crippen LogP contribution in [0.3, 0.4) is 0 Å². The Hall–Kier alpha value is -1.93. The summed E-state index contributed by atoms with van der Waals surface area (Å²) in [6.45, 7) is 2.70. The maximum absolute atomic E-state index is 11.9. The van der Waals surface area contributed by atoms with Crippen molar-refractivity contribution in [3.05, 3.63) is 24.3 Å². The zero-order valence-corrected chi connectivity index (χ0v) is 11.3. The molecule has 104 valence electrons. The van der Waals surface area contributed by atoms with Crippen molar-refractivity contribution >= 4 is 27.5 Å². The van der Waals surface area contributed by atoms with E-state index in [9.17, 15) is 18.0 Å². The molecule has 0 fully saturated rings. The molecule has 2 amide bonds. The Labute approximate surface area is 111 Å². The first-order chi connectivity index (χ1) is 8.72. The van der Waals surface area contributed by atoms with E-state index >= 15 is 0 Å². The average Bonchev–Trinajstić information content (AvgIpc) is 2.28. The second-order valence-electron chi connectivity index (χ2n) is 3.95. The average molecular weight is 285 g/mol. The molecule has 0 aliphatic rings.